The van der Waals surface area contributed by atoms with Crippen molar-refractivity contribution in [3.63, 3.8) is 0 Å². The molecule has 1 aliphatic heterocycles. The van der Waals surface area contributed by atoms with Crippen LogP contribution in [0.4, 0.5) is 11.6 Å². The van der Waals surface area contributed by atoms with Gasteiger partial charge < -0.3 is 15.5 Å². The van der Waals surface area contributed by atoms with E-state index in [2.05, 4.69) is 32.8 Å². The molecule has 2 rings (SSSR count). The van der Waals surface area contributed by atoms with Crippen LogP contribution in [0.3, 0.4) is 0 Å². The van der Waals surface area contributed by atoms with Crippen LogP contribution in [0.2, 0.25) is 0 Å². The number of rotatable bonds is 4. The van der Waals surface area contributed by atoms with E-state index in [4.69, 9.17) is 5.73 Å². The molecule has 1 aromatic heterocycles. The smallest absolute Gasteiger partial charge is 0.134 e. The Balaban J connectivity index is 2.13. The number of nitrogens with two attached hydrogens (primary N) is 1. The number of aromatic nitrogens is 2. The summed E-state index contributed by atoms with van der Waals surface area (Å²) in [7, 11) is 2.03. The molecule has 0 aromatic carbocycles. The number of hydrogen-bond acceptors (Lipinski definition) is 5. The fourth-order valence-corrected chi connectivity index (χ4v) is 2.39. The number of nitrogens with zero attached hydrogens (tertiary/aromatic N) is 4. The highest BCUT2D eigenvalue weighted by Crippen LogP contribution is 2.21. The predicted octanol–water partition coefficient (Wildman–Crippen LogP) is 1.64. The van der Waals surface area contributed by atoms with Crippen LogP contribution in [-0.2, 0) is 0 Å². The highest BCUT2D eigenvalue weighted by molar-refractivity contribution is 5.50. The van der Waals surface area contributed by atoms with Crippen molar-refractivity contribution in [2.75, 3.05) is 36.5 Å². The molecular formula is C14H25N5. The highest BCUT2D eigenvalue weighted by atomic mass is 15.2. The molecule has 106 valence electrons. The Bertz CT molecular complexity index is 387. The Morgan fingerprint density at radius 2 is 1.95 bits per heavy atom. The van der Waals surface area contributed by atoms with Crippen LogP contribution in [0.25, 0.3) is 0 Å². The summed E-state index contributed by atoms with van der Waals surface area (Å²) in [6, 6.07) is 2.36. The van der Waals surface area contributed by atoms with Crippen molar-refractivity contribution >= 4 is 11.6 Å². The Morgan fingerprint density at radius 1 is 1.26 bits per heavy atom. The molecule has 1 unspecified atom stereocenters. The van der Waals surface area contributed by atoms with Gasteiger partial charge in [0.1, 0.15) is 18.0 Å². The zero-order valence-corrected chi connectivity index (χ0v) is 12.0. The molecule has 2 heterocycles. The zero-order chi connectivity index (χ0) is 13.7. The molecule has 5 heteroatoms. The van der Waals surface area contributed by atoms with Gasteiger partial charge in [-0.1, -0.05) is 12.8 Å². The highest BCUT2D eigenvalue weighted by Gasteiger charge is 2.14. The van der Waals surface area contributed by atoms with Crippen LogP contribution in [-0.4, -0.2) is 42.7 Å². The first-order chi connectivity index (χ1) is 9.22. The van der Waals surface area contributed by atoms with Crippen molar-refractivity contribution in [2.45, 2.75) is 38.6 Å². The Morgan fingerprint density at radius 3 is 2.58 bits per heavy atom. The van der Waals surface area contributed by atoms with Gasteiger partial charge >= 0.3 is 0 Å². The van der Waals surface area contributed by atoms with Gasteiger partial charge in [-0.3, -0.25) is 0 Å². The Labute approximate surface area is 115 Å². The number of hydrogen-bond donors (Lipinski definition) is 1. The second-order valence-electron chi connectivity index (χ2n) is 5.33. The van der Waals surface area contributed by atoms with E-state index in [-0.39, 0.29) is 6.04 Å². The summed E-state index contributed by atoms with van der Waals surface area (Å²) in [5, 5.41) is 0. The molecule has 1 aliphatic rings. The van der Waals surface area contributed by atoms with Gasteiger partial charge in [0.15, 0.2) is 0 Å². The SMILES string of the molecule is CC(CN)N(C)c1cc(N2CCCCCC2)ncn1. The Hall–Kier alpha value is -1.36. The average Bonchev–Trinajstić information content (AvgIpc) is 2.75. The van der Waals surface area contributed by atoms with Crippen molar-refractivity contribution in [2.24, 2.45) is 5.73 Å². The molecular weight excluding hydrogens is 238 g/mol. The maximum absolute atomic E-state index is 5.72. The topological polar surface area (TPSA) is 58.3 Å². The molecule has 1 saturated heterocycles. The summed E-state index contributed by atoms with van der Waals surface area (Å²) in [6.45, 7) is 4.94. The first-order valence-electron chi connectivity index (χ1n) is 7.22. The molecule has 19 heavy (non-hydrogen) atoms. The van der Waals surface area contributed by atoms with Gasteiger partial charge in [0.2, 0.25) is 0 Å². The van der Waals surface area contributed by atoms with Crippen LogP contribution in [0.1, 0.15) is 32.6 Å². The van der Waals surface area contributed by atoms with Crippen molar-refractivity contribution in [1.82, 2.24) is 9.97 Å². The molecule has 1 aromatic rings. The summed E-state index contributed by atoms with van der Waals surface area (Å²) in [4.78, 5) is 13.3. The minimum atomic E-state index is 0.284. The first kappa shape index (κ1) is 14.1. The fraction of sp³-hybridized carbons (Fsp3) is 0.714. The average molecular weight is 263 g/mol. The molecule has 0 amide bonds. The number of likely N-dealkylation sites (N-methyl/N-ethyl adjacent to an activating group) is 1. The lowest BCUT2D eigenvalue weighted by Gasteiger charge is -2.27. The third-order valence-corrected chi connectivity index (χ3v) is 3.93. The van der Waals surface area contributed by atoms with E-state index in [1.165, 1.54) is 25.7 Å². The third-order valence-electron chi connectivity index (χ3n) is 3.93. The molecule has 0 aliphatic carbocycles. The van der Waals surface area contributed by atoms with E-state index in [0.717, 1.165) is 24.7 Å². The predicted molar refractivity (Wildman–Crippen MR) is 79.6 cm³/mol. The summed E-state index contributed by atoms with van der Waals surface area (Å²) in [6.07, 6.45) is 6.84. The molecule has 0 saturated carbocycles. The zero-order valence-electron chi connectivity index (χ0n) is 12.0. The van der Waals surface area contributed by atoms with E-state index in [9.17, 15) is 0 Å². The lowest BCUT2D eigenvalue weighted by atomic mass is 10.2. The summed E-state index contributed by atoms with van der Waals surface area (Å²) in [5.74, 6) is 2.00. The standard InChI is InChI=1S/C14H25N5/c1-12(10-15)18(2)13-9-14(17-11-16-13)19-7-5-3-4-6-8-19/h9,11-12H,3-8,10,15H2,1-2H3. The van der Waals surface area contributed by atoms with E-state index in [1.807, 2.05) is 7.05 Å². The van der Waals surface area contributed by atoms with E-state index >= 15 is 0 Å². The lowest BCUT2D eigenvalue weighted by molar-refractivity contribution is 0.685. The molecule has 2 N–H and O–H groups in total. The van der Waals surface area contributed by atoms with Gasteiger partial charge in [-0.05, 0) is 19.8 Å². The van der Waals surface area contributed by atoms with Crippen molar-refractivity contribution < 1.29 is 0 Å². The second kappa shape index (κ2) is 6.70. The Kier molecular flexibility index (Phi) is 4.96. The van der Waals surface area contributed by atoms with Crippen molar-refractivity contribution in [3.8, 4) is 0 Å². The summed E-state index contributed by atoms with van der Waals surface area (Å²) >= 11 is 0. The molecule has 1 atom stereocenters. The van der Waals surface area contributed by atoms with E-state index in [0.29, 0.717) is 6.54 Å². The van der Waals surface area contributed by atoms with Crippen molar-refractivity contribution in [1.29, 1.82) is 0 Å². The summed E-state index contributed by atoms with van der Waals surface area (Å²) in [5.41, 5.74) is 5.72. The first-order valence-corrected chi connectivity index (χ1v) is 7.22. The maximum atomic E-state index is 5.72. The van der Waals surface area contributed by atoms with Gasteiger partial charge in [-0.25, -0.2) is 9.97 Å². The van der Waals surface area contributed by atoms with E-state index < -0.39 is 0 Å². The maximum Gasteiger partial charge on any atom is 0.134 e. The minimum Gasteiger partial charge on any atom is -0.356 e. The minimum absolute atomic E-state index is 0.284. The molecule has 1 fully saturated rings. The summed E-state index contributed by atoms with van der Waals surface area (Å²) < 4.78 is 0. The van der Waals surface area contributed by atoms with Crippen LogP contribution < -0.4 is 15.5 Å². The van der Waals surface area contributed by atoms with Crippen LogP contribution in [0.5, 0.6) is 0 Å². The second-order valence-corrected chi connectivity index (χ2v) is 5.33. The fourth-order valence-electron chi connectivity index (χ4n) is 2.39. The molecule has 5 nitrogen and oxygen atoms in total. The van der Waals surface area contributed by atoms with E-state index in [1.54, 1.807) is 6.33 Å². The van der Waals surface area contributed by atoms with Gasteiger partial charge in [-0.2, -0.15) is 0 Å². The normalized spacial score (nSPS) is 17.9. The number of anilines is 2. The van der Waals surface area contributed by atoms with Gasteiger partial charge in [-0.15, -0.1) is 0 Å². The largest absolute Gasteiger partial charge is 0.356 e. The van der Waals surface area contributed by atoms with Gasteiger partial charge in [0.25, 0.3) is 0 Å². The van der Waals surface area contributed by atoms with Gasteiger partial charge in [0, 0.05) is 38.8 Å². The van der Waals surface area contributed by atoms with Crippen LogP contribution in [0, 0.1) is 0 Å². The lowest BCUT2D eigenvalue weighted by Crippen LogP contribution is -2.36. The monoisotopic (exact) mass is 263 g/mol. The van der Waals surface area contributed by atoms with Crippen LogP contribution in [0.15, 0.2) is 12.4 Å². The molecule has 0 spiro atoms. The molecule has 0 bridgehead atoms. The quantitative estimate of drug-likeness (QED) is 0.895. The van der Waals surface area contributed by atoms with Crippen LogP contribution >= 0.6 is 0 Å². The van der Waals surface area contributed by atoms with Gasteiger partial charge in [0.05, 0.1) is 0 Å². The molecule has 0 radical (unpaired) electrons. The third kappa shape index (κ3) is 3.56. The van der Waals surface area contributed by atoms with Crippen molar-refractivity contribution in [3.05, 3.63) is 12.4 Å².